The number of benzene rings is 3. The predicted octanol–water partition coefficient (Wildman–Crippen LogP) is 4.00. The van der Waals surface area contributed by atoms with Crippen molar-refractivity contribution in [2.24, 2.45) is 16.5 Å². The quantitative estimate of drug-likeness (QED) is 0.224. The average Bonchev–Trinajstić information content (AvgIpc) is 2.98. The summed E-state index contributed by atoms with van der Waals surface area (Å²) in [5.74, 6) is 0.420. The number of amides is 2. The van der Waals surface area contributed by atoms with Crippen LogP contribution in [0.25, 0.3) is 0 Å². The topological polar surface area (TPSA) is 145 Å². The van der Waals surface area contributed by atoms with Crippen LogP contribution in [0.3, 0.4) is 0 Å². The molecule has 0 atom stereocenters. The smallest absolute Gasteiger partial charge is 0.280 e. The fourth-order valence-electron chi connectivity index (χ4n) is 4.88. The van der Waals surface area contributed by atoms with Gasteiger partial charge in [0, 0.05) is 61.1 Å². The minimum absolute atomic E-state index is 0.210. The number of hydrogen-bond donors (Lipinski definition) is 3. The van der Waals surface area contributed by atoms with Crippen LogP contribution in [0.15, 0.2) is 53.5 Å². The van der Waals surface area contributed by atoms with Crippen molar-refractivity contribution in [1.82, 2.24) is 9.80 Å². The van der Waals surface area contributed by atoms with Crippen LogP contribution < -0.4 is 31.0 Å². The summed E-state index contributed by atoms with van der Waals surface area (Å²) >= 11 is 12.3. The number of nitrogens with zero attached hydrogens (tertiary/aromatic N) is 3. The van der Waals surface area contributed by atoms with Crippen molar-refractivity contribution in [2.75, 3.05) is 52.8 Å². The van der Waals surface area contributed by atoms with Gasteiger partial charge in [-0.2, -0.15) is 4.99 Å². The summed E-state index contributed by atoms with van der Waals surface area (Å²) in [5.41, 5.74) is 13.5. The molecule has 1 saturated heterocycles. The number of anilines is 1. The lowest BCUT2D eigenvalue weighted by atomic mass is 10.1. The number of methoxy groups -OCH3 is 3. The fraction of sp³-hybridized carbons (Fsp3) is 0.300. The molecule has 0 spiro atoms. The van der Waals surface area contributed by atoms with Crippen LogP contribution in [0.4, 0.5) is 5.69 Å². The van der Waals surface area contributed by atoms with E-state index in [-0.39, 0.29) is 22.1 Å². The summed E-state index contributed by atoms with van der Waals surface area (Å²) in [7, 11) is 4.80. The van der Waals surface area contributed by atoms with Gasteiger partial charge < -0.3 is 31.0 Å². The number of carbonyl (C=O) groups excluding carboxylic acids is 2. The highest BCUT2D eigenvalue weighted by Gasteiger charge is 2.23. The van der Waals surface area contributed by atoms with Gasteiger partial charge in [-0.25, -0.2) is 0 Å². The highest BCUT2D eigenvalue weighted by atomic mass is 35.5. The number of rotatable bonds is 10. The van der Waals surface area contributed by atoms with Gasteiger partial charge in [-0.1, -0.05) is 35.3 Å². The molecule has 4 rings (SSSR count). The molecule has 0 aliphatic carbocycles. The Balaban J connectivity index is 1.49. The molecule has 1 fully saturated rings. The van der Waals surface area contributed by atoms with Crippen LogP contribution in [0, 0.1) is 0 Å². The third-order valence-corrected chi connectivity index (χ3v) is 7.60. The number of piperazine rings is 1. The van der Waals surface area contributed by atoms with Crippen molar-refractivity contribution in [3.63, 3.8) is 0 Å². The first-order valence-electron chi connectivity index (χ1n) is 13.4. The molecule has 11 nitrogen and oxygen atoms in total. The molecule has 228 valence electrons. The zero-order chi connectivity index (χ0) is 31.1. The Bertz CT molecular complexity index is 1520. The molecular formula is C30H34Cl2N6O5. The van der Waals surface area contributed by atoms with E-state index in [1.54, 1.807) is 51.7 Å². The highest BCUT2D eigenvalue weighted by Crippen LogP contribution is 2.40. The van der Waals surface area contributed by atoms with Crippen molar-refractivity contribution in [3.05, 3.63) is 80.8 Å². The molecular weight excluding hydrogens is 595 g/mol. The molecule has 0 bridgehead atoms. The second kappa shape index (κ2) is 14.4. The zero-order valence-corrected chi connectivity index (χ0v) is 25.7. The summed E-state index contributed by atoms with van der Waals surface area (Å²) in [6.07, 6.45) is 0. The van der Waals surface area contributed by atoms with Crippen LogP contribution in [-0.2, 0) is 13.1 Å². The van der Waals surface area contributed by atoms with Gasteiger partial charge in [-0.15, -0.1) is 0 Å². The number of nitrogens with one attached hydrogen (secondary N) is 1. The van der Waals surface area contributed by atoms with Crippen LogP contribution >= 0.6 is 23.2 Å². The predicted molar refractivity (Wildman–Crippen MR) is 168 cm³/mol. The van der Waals surface area contributed by atoms with E-state index < -0.39 is 11.8 Å². The van der Waals surface area contributed by atoms with E-state index in [2.05, 4.69) is 20.1 Å². The van der Waals surface area contributed by atoms with Gasteiger partial charge in [0.1, 0.15) is 0 Å². The molecule has 2 amide bonds. The van der Waals surface area contributed by atoms with Crippen molar-refractivity contribution >= 4 is 46.7 Å². The summed E-state index contributed by atoms with van der Waals surface area (Å²) in [6, 6.07) is 13.5. The molecule has 1 heterocycles. The maximum atomic E-state index is 13.2. The van der Waals surface area contributed by atoms with Gasteiger partial charge in [0.05, 0.1) is 31.9 Å². The van der Waals surface area contributed by atoms with E-state index in [0.717, 1.165) is 37.3 Å². The lowest BCUT2D eigenvalue weighted by Crippen LogP contribution is -2.45. The van der Waals surface area contributed by atoms with Crippen LogP contribution in [0.1, 0.15) is 31.8 Å². The second-order valence-electron chi connectivity index (χ2n) is 9.84. The Labute approximate surface area is 260 Å². The van der Waals surface area contributed by atoms with Crippen molar-refractivity contribution < 1.29 is 23.8 Å². The van der Waals surface area contributed by atoms with Gasteiger partial charge in [-0.05, 0) is 42.0 Å². The van der Waals surface area contributed by atoms with Crippen LogP contribution in [0.2, 0.25) is 10.0 Å². The molecule has 43 heavy (non-hydrogen) atoms. The normalized spacial score (nSPS) is 13.7. The first kappa shape index (κ1) is 31.9. The van der Waals surface area contributed by atoms with Gasteiger partial charge in [0.15, 0.2) is 17.5 Å². The van der Waals surface area contributed by atoms with E-state index in [0.29, 0.717) is 41.0 Å². The van der Waals surface area contributed by atoms with Gasteiger partial charge >= 0.3 is 0 Å². The van der Waals surface area contributed by atoms with E-state index in [1.165, 1.54) is 6.07 Å². The fourth-order valence-corrected chi connectivity index (χ4v) is 5.38. The Morgan fingerprint density at radius 2 is 1.47 bits per heavy atom. The third-order valence-electron chi connectivity index (χ3n) is 7.05. The summed E-state index contributed by atoms with van der Waals surface area (Å²) < 4.78 is 16.6. The monoisotopic (exact) mass is 628 g/mol. The van der Waals surface area contributed by atoms with Gasteiger partial charge in [0.25, 0.3) is 11.8 Å². The molecule has 1 aliphatic heterocycles. The Morgan fingerprint density at radius 3 is 2.05 bits per heavy atom. The Morgan fingerprint density at radius 1 is 0.837 bits per heavy atom. The lowest BCUT2D eigenvalue weighted by Gasteiger charge is -2.35. The number of hydrogen-bond acceptors (Lipinski definition) is 7. The van der Waals surface area contributed by atoms with E-state index in [4.69, 9.17) is 48.9 Å². The average molecular weight is 630 g/mol. The summed E-state index contributed by atoms with van der Waals surface area (Å²) in [6.45, 7) is 4.39. The summed E-state index contributed by atoms with van der Waals surface area (Å²) in [5, 5.41) is 3.52. The van der Waals surface area contributed by atoms with E-state index in [9.17, 15) is 9.59 Å². The minimum Gasteiger partial charge on any atom is -0.493 e. The maximum absolute atomic E-state index is 13.2. The van der Waals surface area contributed by atoms with Gasteiger partial charge in [0.2, 0.25) is 5.75 Å². The number of halogens is 2. The second-order valence-corrected chi connectivity index (χ2v) is 10.7. The molecule has 3 aromatic carbocycles. The largest absolute Gasteiger partial charge is 0.493 e. The van der Waals surface area contributed by atoms with Gasteiger partial charge in [-0.3, -0.25) is 19.4 Å². The number of guanidine groups is 1. The molecule has 1 aliphatic rings. The van der Waals surface area contributed by atoms with Crippen molar-refractivity contribution in [3.8, 4) is 17.2 Å². The molecule has 5 N–H and O–H groups in total. The Kier molecular flexibility index (Phi) is 10.7. The minimum atomic E-state index is -0.620. The van der Waals surface area contributed by atoms with E-state index in [1.807, 2.05) is 12.1 Å². The molecule has 0 radical (unpaired) electrons. The zero-order valence-electron chi connectivity index (χ0n) is 24.2. The number of nitrogens with two attached hydrogens (primary N) is 2. The Hall–Kier alpha value is -4.03. The SMILES string of the molecule is COc1ccc(CN2CCN(Cc3ccc(C(=O)N=C(N)N)cc3NC(=O)c3ccc(Cl)cc3Cl)CC2)c(OC)c1OC. The maximum Gasteiger partial charge on any atom is 0.280 e. The standard InChI is InChI=1S/C30H34Cl2N6O5/c1-41-25-9-6-20(26(42-2)27(25)43-3)17-38-12-10-37(11-13-38)16-19-5-4-18(28(39)36-30(33)34)14-24(19)35-29(40)22-8-7-21(31)15-23(22)32/h4-9,14-15H,10-13,16-17H2,1-3H3,(H,35,40)(H4,33,34,36,39). The first-order chi connectivity index (χ1) is 20.6. The third kappa shape index (κ3) is 7.88. The van der Waals surface area contributed by atoms with Crippen LogP contribution in [-0.4, -0.2) is 75.1 Å². The molecule has 13 heteroatoms. The van der Waals surface area contributed by atoms with Crippen molar-refractivity contribution in [1.29, 1.82) is 0 Å². The molecule has 0 aromatic heterocycles. The first-order valence-corrected chi connectivity index (χ1v) is 14.1. The number of aliphatic imine (C=N–C) groups is 1. The molecule has 3 aromatic rings. The number of ether oxygens (including phenoxy) is 3. The van der Waals surface area contributed by atoms with Crippen molar-refractivity contribution in [2.45, 2.75) is 13.1 Å². The molecule has 0 saturated carbocycles. The number of carbonyl (C=O) groups is 2. The van der Waals surface area contributed by atoms with Crippen LogP contribution in [0.5, 0.6) is 17.2 Å². The lowest BCUT2D eigenvalue weighted by molar-refractivity contribution is 0.0998. The molecule has 0 unspecified atom stereocenters. The summed E-state index contributed by atoms with van der Waals surface area (Å²) in [4.78, 5) is 33.9. The highest BCUT2D eigenvalue weighted by molar-refractivity contribution is 6.37. The van der Waals surface area contributed by atoms with E-state index >= 15 is 0 Å².